The number of nitrogens with two attached hydrogens (primary N) is 1. The van der Waals surface area contributed by atoms with Crippen molar-refractivity contribution in [1.29, 1.82) is 0 Å². The molecule has 132 valence electrons. The normalized spacial score (nSPS) is 13.0. The Kier molecular flexibility index (Phi) is 4.59. The van der Waals surface area contributed by atoms with Gasteiger partial charge >= 0.3 is 0 Å². The Morgan fingerprint density at radius 2 is 1.92 bits per heavy atom. The molecule has 0 bridgehead atoms. The van der Waals surface area contributed by atoms with Gasteiger partial charge in [-0.2, -0.15) is 0 Å². The van der Waals surface area contributed by atoms with Gasteiger partial charge in [0, 0.05) is 47.4 Å². The molecule has 3 aromatic rings. The van der Waals surface area contributed by atoms with Crippen molar-refractivity contribution in [2.45, 2.75) is 19.4 Å². The molecule has 0 unspecified atom stereocenters. The molecule has 1 aliphatic rings. The number of hydrogen-bond donors (Lipinski definition) is 2. The van der Waals surface area contributed by atoms with E-state index in [-0.39, 0.29) is 5.91 Å². The zero-order valence-corrected chi connectivity index (χ0v) is 14.7. The van der Waals surface area contributed by atoms with Crippen molar-refractivity contribution in [1.82, 2.24) is 9.88 Å². The number of benzene rings is 2. The van der Waals surface area contributed by atoms with Crippen LogP contribution in [0, 0.1) is 0 Å². The predicted molar refractivity (Wildman–Crippen MR) is 106 cm³/mol. The topological polar surface area (TPSA) is 60.0 Å². The third-order valence-corrected chi connectivity index (χ3v) is 4.94. The molecule has 4 heteroatoms. The number of carbonyl (C=O) groups is 1. The quantitative estimate of drug-likeness (QED) is 0.745. The maximum Gasteiger partial charge on any atom is 0.251 e. The Morgan fingerprint density at radius 3 is 2.73 bits per heavy atom. The number of hydrogen-bond acceptors (Lipinski definition) is 2. The van der Waals surface area contributed by atoms with Crippen LogP contribution in [-0.4, -0.2) is 23.6 Å². The first-order valence-electron chi connectivity index (χ1n) is 9.12. The Hall–Kier alpha value is -2.85. The number of aromatic nitrogens is 1. The summed E-state index contributed by atoms with van der Waals surface area (Å²) in [6, 6.07) is 16.4. The van der Waals surface area contributed by atoms with E-state index in [2.05, 4.69) is 46.3 Å². The summed E-state index contributed by atoms with van der Waals surface area (Å²) >= 11 is 0. The number of allylic oxidation sites excluding steroid dienone is 1. The first-order valence-corrected chi connectivity index (χ1v) is 9.12. The Labute approximate surface area is 153 Å². The summed E-state index contributed by atoms with van der Waals surface area (Å²) in [5, 5.41) is 4.12. The van der Waals surface area contributed by atoms with Gasteiger partial charge in [-0.3, -0.25) is 4.79 Å². The van der Waals surface area contributed by atoms with Gasteiger partial charge in [0.1, 0.15) is 0 Å². The summed E-state index contributed by atoms with van der Waals surface area (Å²) in [6.45, 7) is 1.76. The van der Waals surface area contributed by atoms with Gasteiger partial charge < -0.3 is 15.6 Å². The molecule has 0 atom stereocenters. The first kappa shape index (κ1) is 16.6. The third kappa shape index (κ3) is 3.04. The highest BCUT2D eigenvalue weighted by Gasteiger charge is 2.17. The molecular weight excluding hydrogens is 322 g/mol. The summed E-state index contributed by atoms with van der Waals surface area (Å²) in [4.78, 5) is 12.0. The standard InChI is InChI=1S/C22H23N3O/c23-13-14-24-22(26)17-11-9-16(10-12-17)15-25-20-7-3-1-5-18(20)19-6-2-4-8-21(19)25/h1-3,5-7,9-12H,4,8,13-15,23H2,(H,24,26). The zero-order valence-electron chi connectivity index (χ0n) is 14.7. The van der Waals surface area contributed by atoms with Crippen LogP contribution in [0.3, 0.4) is 0 Å². The zero-order chi connectivity index (χ0) is 17.9. The van der Waals surface area contributed by atoms with Crippen LogP contribution in [0.1, 0.15) is 33.6 Å². The molecule has 3 N–H and O–H groups in total. The summed E-state index contributed by atoms with van der Waals surface area (Å²) in [7, 11) is 0. The molecule has 0 saturated heterocycles. The molecule has 0 spiro atoms. The molecule has 4 nitrogen and oxygen atoms in total. The Balaban J connectivity index is 1.64. The van der Waals surface area contributed by atoms with Crippen LogP contribution in [0.5, 0.6) is 0 Å². The van der Waals surface area contributed by atoms with Crippen LogP contribution in [0.25, 0.3) is 17.0 Å². The van der Waals surface area contributed by atoms with Crippen molar-refractivity contribution in [3.05, 3.63) is 77.0 Å². The van der Waals surface area contributed by atoms with Gasteiger partial charge in [-0.05, 0) is 36.6 Å². The van der Waals surface area contributed by atoms with E-state index in [1.807, 2.05) is 24.3 Å². The summed E-state index contributed by atoms with van der Waals surface area (Å²) in [5.41, 5.74) is 11.3. The third-order valence-electron chi connectivity index (χ3n) is 4.94. The van der Waals surface area contributed by atoms with E-state index in [1.165, 1.54) is 27.7 Å². The van der Waals surface area contributed by atoms with Gasteiger partial charge in [0.05, 0.1) is 0 Å². The average Bonchev–Trinajstić information content (AvgIpc) is 3.01. The van der Waals surface area contributed by atoms with Crippen LogP contribution in [0.4, 0.5) is 0 Å². The Bertz CT molecular complexity index is 967. The van der Waals surface area contributed by atoms with Gasteiger partial charge in [-0.25, -0.2) is 0 Å². The molecule has 1 aromatic heterocycles. The molecule has 0 aliphatic heterocycles. The number of nitrogens with zero attached hydrogens (tertiary/aromatic N) is 1. The van der Waals surface area contributed by atoms with Crippen molar-refractivity contribution in [3.63, 3.8) is 0 Å². The fourth-order valence-electron chi connectivity index (χ4n) is 3.67. The highest BCUT2D eigenvalue weighted by Crippen LogP contribution is 2.31. The second-order valence-corrected chi connectivity index (χ2v) is 6.65. The lowest BCUT2D eigenvalue weighted by Crippen LogP contribution is -2.28. The molecule has 0 saturated carbocycles. The SMILES string of the molecule is NCCNC(=O)c1ccc(Cn2c3c(c4ccccc42)C=CCC3)cc1. The fraction of sp³-hybridized carbons (Fsp3) is 0.227. The lowest BCUT2D eigenvalue weighted by Gasteiger charge is -2.13. The van der Waals surface area contributed by atoms with Crippen molar-refractivity contribution >= 4 is 22.9 Å². The van der Waals surface area contributed by atoms with Gasteiger partial charge in [-0.1, -0.05) is 42.5 Å². The highest BCUT2D eigenvalue weighted by atomic mass is 16.1. The minimum Gasteiger partial charge on any atom is -0.351 e. The minimum atomic E-state index is -0.0732. The van der Waals surface area contributed by atoms with E-state index >= 15 is 0 Å². The number of amides is 1. The van der Waals surface area contributed by atoms with E-state index in [0.717, 1.165) is 19.4 Å². The lowest BCUT2D eigenvalue weighted by molar-refractivity contribution is 0.0954. The van der Waals surface area contributed by atoms with Gasteiger partial charge in [0.15, 0.2) is 0 Å². The number of rotatable bonds is 5. The van der Waals surface area contributed by atoms with Gasteiger partial charge in [0.2, 0.25) is 0 Å². The molecule has 26 heavy (non-hydrogen) atoms. The molecule has 1 heterocycles. The predicted octanol–water partition coefficient (Wildman–Crippen LogP) is 3.34. The second-order valence-electron chi connectivity index (χ2n) is 6.65. The Morgan fingerprint density at radius 1 is 1.12 bits per heavy atom. The van der Waals surface area contributed by atoms with Crippen LogP contribution in [-0.2, 0) is 13.0 Å². The molecule has 2 aromatic carbocycles. The summed E-state index contributed by atoms with van der Waals surface area (Å²) in [6.07, 6.45) is 6.67. The van der Waals surface area contributed by atoms with Crippen LogP contribution in [0.15, 0.2) is 54.6 Å². The second kappa shape index (κ2) is 7.18. The number of carbonyl (C=O) groups excluding carboxylic acids is 1. The average molecular weight is 345 g/mol. The molecule has 1 amide bonds. The van der Waals surface area contributed by atoms with Crippen LogP contribution >= 0.6 is 0 Å². The van der Waals surface area contributed by atoms with Crippen molar-refractivity contribution in [2.75, 3.05) is 13.1 Å². The van der Waals surface area contributed by atoms with Gasteiger partial charge in [0.25, 0.3) is 5.91 Å². The van der Waals surface area contributed by atoms with E-state index in [1.54, 1.807) is 0 Å². The minimum absolute atomic E-state index is 0.0732. The smallest absolute Gasteiger partial charge is 0.251 e. The molecular formula is C22H23N3O. The van der Waals surface area contributed by atoms with Gasteiger partial charge in [-0.15, -0.1) is 0 Å². The molecule has 4 rings (SSSR count). The first-order chi connectivity index (χ1) is 12.8. The highest BCUT2D eigenvalue weighted by molar-refractivity contribution is 5.94. The summed E-state index contributed by atoms with van der Waals surface area (Å²) < 4.78 is 2.41. The van der Waals surface area contributed by atoms with Crippen molar-refractivity contribution < 1.29 is 4.79 Å². The monoisotopic (exact) mass is 345 g/mol. The van der Waals surface area contributed by atoms with Crippen LogP contribution < -0.4 is 11.1 Å². The van der Waals surface area contributed by atoms with E-state index < -0.39 is 0 Å². The van der Waals surface area contributed by atoms with E-state index in [9.17, 15) is 4.79 Å². The fourth-order valence-corrected chi connectivity index (χ4v) is 3.67. The van der Waals surface area contributed by atoms with Crippen molar-refractivity contribution in [3.8, 4) is 0 Å². The maximum absolute atomic E-state index is 12.0. The number of para-hydroxylation sites is 1. The number of fused-ring (bicyclic) bond motifs is 3. The van der Waals surface area contributed by atoms with Crippen molar-refractivity contribution in [2.24, 2.45) is 5.73 Å². The molecule has 0 radical (unpaired) electrons. The largest absolute Gasteiger partial charge is 0.351 e. The number of nitrogens with one attached hydrogen (secondary N) is 1. The molecule has 1 aliphatic carbocycles. The van der Waals surface area contributed by atoms with Crippen LogP contribution in [0.2, 0.25) is 0 Å². The summed E-state index contributed by atoms with van der Waals surface area (Å²) in [5.74, 6) is -0.0732. The van der Waals surface area contributed by atoms with E-state index in [4.69, 9.17) is 5.73 Å². The lowest BCUT2D eigenvalue weighted by atomic mass is 10.0. The molecule has 0 fully saturated rings. The maximum atomic E-state index is 12.0. The van der Waals surface area contributed by atoms with E-state index in [0.29, 0.717) is 18.7 Å².